The molecule has 0 bridgehead atoms. The lowest BCUT2D eigenvalue weighted by Gasteiger charge is -2.43. The number of carboxylic acid groups (broad SMARTS) is 1. The fourth-order valence-corrected chi connectivity index (χ4v) is 13.7. The van der Waals surface area contributed by atoms with Crippen molar-refractivity contribution in [2.24, 2.45) is 0 Å². The van der Waals surface area contributed by atoms with Crippen LogP contribution in [0.15, 0.2) is 91.0 Å². The van der Waals surface area contributed by atoms with Crippen molar-refractivity contribution in [3.05, 3.63) is 129 Å². The van der Waals surface area contributed by atoms with Gasteiger partial charge in [0.05, 0.1) is 104 Å². The smallest absolute Gasteiger partial charge is 0.417 e. The number of aromatic carboxylic acids is 1. The van der Waals surface area contributed by atoms with Gasteiger partial charge in [-0.1, -0.05) is 31.2 Å². The van der Waals surface area contributed by atoms with E-state index >= 15 is 0 Å². The number of sulfonamides is 1. The van der Waals surface area contributed by atoms with Crippen molar-refractivity contribution in [1.82, 2.24) is 34.8 Å². The molecule has 111 heavy (non-hydrogen) atoms. The number of para-hydroxylation sites is 2. The number of pyridine rings is 1. The first kappa shape index (κ1) is 88.8. The Morgan fingerprint density at radius 3 is 1.77 bits per heavy atom. The summed E-state index contributed by atoms with van der Waals surface area (Å²) < 4.78 is 113. The Hall–Kier alpha value is -9.41. The minimum Gasteiger partial charge on any atom is -0.494 e. The zero-order valence-corrected chi connectivity index (χ0v) is 66.4. The summed E-state index contributed by atoms with van der Waals surface area (Å²) in [5.74, 6) is -3.62. The SMILES string of the molecule is CCOc1ccc(C(=O)N2CCN(c3ccc(-c4ccccc4OCC)nc3Cc3cccc(NS(=O)(=O)CCCOc4cc(NCCOCCNC(=O)CN5CCN(CC(=O)OC(C)(C)C)CCN(CC(=O)OC(C)(C)C)CCN(CC(=O)OC(C)(C)C)CC5)cc(C(=O)O)c4)c3[N+](=O)[O-])[C@H](CC)C2)c(C(F)(F)F)c1. The van der Waals surface area contributed by atoms with Gasteiger partial charge in [0.2, 0.25) is 15.9 Å². The summed E-state index contributed by atoms with van der Waals surface area (Å²) in [6.45, 7) is 25.2. The summed E-state index contributed by atoms with van der Waals surface area (Å²) >= 11 is 0. The van der Waals surface area contributed by atoms with E-state index in [0.29, 0.717) is 99.5 Å². The number of anilines is 3. The van der Waals surface area contributed by atoms with Crippen LogP contribution in [0.5, 0.6) is 17.2 Å². The van der Waals surface area contributed by atoms with Gasteiger partial charge in [0.15, 0.2) is 0 Å². The van der Waals surface area contributed by atoms with Crippen LogP contribution in [-0.2, 0) is 60.7 Å². The molecule has 3 heterocycles. The molecule has 2 amide bonds. The molecule has 4 N–H and O–H groups in total. The van der Waals surface area contributed by atoms with Gasteiger partial charge in [-0.25, -0.2) is 13.2 Å². The second-order valence-electron chi connectivity index (χ2n) is 29.9. The molecule has 610 valence electrons. The second kappa shape index (κ2) is 40.7. The largest absolute Gasteiger partial charge is 0.494 e. The summed E-state index contributed by atoms with van der Waals surface area (Å²) in [7, 11) is -4.33. The predicted molar refractivity (Wildman–Crippen MR) is 413 cm³/mol. The molecule has 0 spiro atoms. The van der Waals surface area contributed by atoms with Gasteiger partial charge in [-0.05, 0) is 150 Å². The minimum absolute atomic E-state index is 0.00802. The quantitative estimate of drug-likeness (QED) is 0.00978. The molecule has 7 rings (SSSR count). The molecule has 2 saturated heterocycles. The highest BCUT2D eigenvalue weighted by molar-refractivity contribution is 7.92. The maximum atomic E-state index is 14.5. The molecule has 0 aliphatic carbocycles. The molecule has 1 aromatic heterocycles. The monoisotopic (exact) mass is 1580 g/mol. The Bertz CT molecular complexity index is 4070. The van der Waals surface area contributed by atoms with Crippen LogP contribution in [0.4, 0.5) is 35.9 Å². The van der Waals surface area contributed by atoms with Crippen molar-refractivity contribution >= 4 is 68.5 Å². The van der Waals surface area contributed by atoms with E-state index in [1.54, 1.807) is 99.6 Å². The van der Waals surface area contributed by atoms with E-state index in [1.807, 2.05) is 44.4 Å². The number of benzene rings is 4. The lowest BCUT2D eigenvalue weighted by molar-refractivity contribution is -0.384. The summed E-state index contributed by atoms with van der Waals surface area (Å²) in [6.07, 6.45) is -4.78. The fraction of sp³-hybridized carbons (Fsp3) is 0.551. The summed E-state index contributed by atoms with van der Waals surface area (Å²) in [4.78, 5) is 108. The van der Waals surface area contributed by atoms with Crippen molar-refractivity contribution in [2.75, 3.05) is 165 Å². The maximum absolute atomic E-state index is 14.5. The number of hydrogen-bond acceptors (Lipinski definition) is 24. The van der Waals surface area contributed by atoms with E-state index < -0.39 is 96.3 Å². The number of nitro groups is 1. The number of nitrogens with one attached hydrogen (secondary N) is 3. The van der Waals surface area contributed by atoms with Gasteiger partial charge in [0.1, 0.15) is 39.7 Å². The molecule has 0 unspecified atom stereocenters. The first-order valence-electron chi connectivity index (χ1n) is 37.3. The number of halogens is 3. The van der Waals surface area contributed by atoms with Gasteiger partial charge in [-0.3, -0.25) is 63.4 Å². The van der Waals surface area contributed by atoms with Gasteiger partial charge in [0, 0.05) is 120 Å². The van der Waals surface area contributed by atoms with Crippen LogP contribution in [-0.4, -0.2) is 257 Å². The summed E-state index contributed by atoms with van der Waals surface area (Å²) in [6, 6.07) is 21.9. The van der Waals surface area contributed by atoms with E-state index in [2.05, 4.69) is 15.4 Å². The molecule has 0 radical (unpaired) electrons. The maximum Gasteiger partial charge on any atom is 0.417 e. The summed E-state index contributed by atoms with van der Waals surface area (Å²) in [5, 5.41) is 29.2. The first-order valence-corrected chi connectivity index (χ1v) is 39.0. The highest BCUT2D eigenvalue weighted by Gasteiger charge is 2.40. The third-order valence-electron chi connectivity index (χ3n) is 17.5. The normalized spacial score (nSPS) is 15.6. The lowest BCUT2D eigenvalue weighted by Crippen LogP contribution is -2.55. The molecule has 2 fully saturated rings. The number of ether oxygens (including phenoxy) is 7. The molecule has 0 saturated carbocycles. The van der Waals surface area contributed by atoms with Crippen molar-refractivity contribution in [1.29, 1.82) is 0 Å². The Labute approximate surface area is 647 Å². The molecule has 1 atom stereocenters. The molecular weight excluding hydrogens is 1470 g/mol. The summed E-state index contributed by atoms with van der Waals surface area (Å²) in [5.41, 5.74) is -2.45. The van der Waals surface area contributed by atoms with Crippen LogP contribution in [0, 0.1) is 10.1 Å². The standard InChI is InChI=1S/C78H108F3N11O18S/c1-13-57-49-90(73(97)60-25-24-58(105-14-2)48-62(60)78(79,80)81)38-39-91(57)66-27-26-63(61-21-16-17-23-67(61)106-15-3)84-65(66)46-54-20-18-22-64(72(54)92(100)101)85-111(102,103)43-19-40-107-59-45-55(74(98)99)44-56(47-59)82-28-41-104-42-29-83-68(93)50-86-30-32-87(51-69(94)108-75(4,5)6)34-36-89(53-71(96)110-77(10,11)12)37-35-88(33-31-86)52-70(95)109-76(7,8)9/h16-18,20-27,44-45,47-48,57,82,85H,13-15,19,28-43,46,49-53H2,1-12H3,(H,83,93)(H,98,99)/t57-/m1/s1. The van der Waals surface area contributed by atoms with Crippen LogP contribution in [0.25, 0.3) is 11.3 Å². The number of aromatic nitrogens is 1. The van der Waals surface area contributed by atoms with Crippen LogP contribution in [0.3, 0.4) is 0 Å². The third-order valence-corrected chi connectivity index (χ3v) is 18.8. The average molecular weight is 1580 g/mol. The van der Waals surface area contributed by atoms with E-state index in [1.165, 1.54) is 47.4 Å². The number of carbonyl (C=O) groups excluding carboxylic acids is 5. The number of piperazine rings is 1. The number of nitro benzene ring substituents is 1. The Balaban J connectivity index is 0.953. The number of esters is 3. The number of hydrogen-bond donors (Lipinski definition) is 4. The second-order valence-corrected chi connectivity index (χ2v) is 31.8. The van der Waals surface area contributed by atoms with Crippen molar-refractivity contribution in [3.63, 3.8) is 0 Å². The molecule has 29 nitrogen and oxygen atoms in total. The Morgan fingerprint density at radius 1 is 0.640 bits per heavy atom. The average Bonchev–Trinajstić information content (AvgIpc) is 0.896. The highest BCUT2D eigenvalue weighted by Crippen LogP contribution is 2.39. The van der Waals surface area contributed by atoms with E-state index in [0.717, 1.165) is 12.1 Å². The van der Waals surface area contributed by atoms with Crippen LogP contribution in [0.1, 0.15) is 133 Å². The number of alkyl halides is 3. The van der Waals surface area contributed by atoms with Crippen molar-refractivity contribution < 1.29 is 93.5 Å². The zero-order valence-electron chi connectivity index (χ0n) is 65.6. The molecule has 4 aromatic carbocycles. The zero-order chi connectivity index (χ0) is 81.4. The third kappa shape index (κ3) is 29.3. The molecule has 5 aromatic rings. The van der Waals surface area contributed by atoms with Crippen molar-refractivity contribution in [2.45, 2.75) is 131 Å². The van der Waals surface area contributed by atoms with Crippen LogP contribution < -0.4 is 34.5 Å². The van der Waals surface area contributed by atoms with E-state index in [4.69, 9.17) is 38.1 Å². The number of carboxylic acids is 1. The number of carbonyl (C=O) groups is 6. The van der Waals surface area contributed by atoms with Crippen molar-refractivity contribution in [3.8, 4) is 28.5 Å². The van der Waals surface area contributed by atoms with Crippen LogP contribution in [0.2, 0.25) is 0 Å². The van der Waals surface area contributed by atoms with Crippen LogP contribution >= 0.6 is 0 Å². The van der Waals surface area contributed by atoms with Gasteiger partial charge in [0.25, 0.3) is 11.6 Å². The number of amides is 2. The highest BCUT2D eigenvalue weighted by atomic mass is 32.2. The molecular formula is C78H108F3N11O18S. The number of nitrogens with zero attached hydrogens (tertiary/aromatic N) is 8. The topological polar surface area (TPSA) is 333 Å². The first-order chi connectivity index (χ1) is 52.3. The molecule has 2 aliphatic heterocycles. The Morgan fingerprint density at radius 2 is 1.22 bits per heavy atom. The van der Waals surface area contributed by atoms with E-state index in [9.17, 15) is 65.6 Å². The molecule has 33 heteroatoms. The number of rotatable bonds is 34. The predicted octanol–water partition coefficient (Wildman–Crippen LogP) is 9.51. The Kier molecular flexibility index (Phi) is 32.6. The van der Waals surface area contributed by atoms with E-state index in [-0.39, 0.29) is 132 Å². The lowest BCUT2D eigenvalue weighted by atomic mass is 10.00. The fourth-order valence-electron chi connectivity index (χ4n) is 12.6. The van der Waals surface area contributed by atoms with Gasteiger partial charge in [-0.15, -0.1) is 0 Å². The van der Waals surface area contributed by atoms with Gasteiger partial charge in [-0.2, -0.15) is 13.2 Å². The van der Waals surface area contributed by atoms with Gasteiger partial charge >= 0.3 is 30.1 Å². The minimum atomic E-state index is -4.86. The van der Waals surface area contributed by atoms with Gasteiger partial charge < -0.3 is 58.7 Å². The molecule has 2 aliphatic rings.